The smallest absolute Gasteiger partial charge is 0.244 e. The van der Waals surface area contributed by atoms with Crippen LogP contribution in [-0.4, -0.2) is 47.0 Å². The zero-order chi connectivity index (χ0) is 18.8. The normalized spacial score (nSPS) is 13.1. The Morgan fingerprint density at radius 1 is 1.24 bits per heavy atom. The summed E-state index contributed by atoms with van der Waals surface area (Å²) < 4.78 is 14.2. The topological polar surface area (TPSA) is 52.2 Å². The molecule has 0 fully saturated rings. The molecule has 0 aliphatic carbocycles. The zero-order valence-electron chi connectivity index (χ0n) is 15.8. The average molecular weight is 346 g/mol. The molecule has 0 spiro atoms. The summed E-state index contributed by atoms with van der Waals surface area (Å²) in [5.74, 6) is -0.540. The Morgan fingerprint density at radius 2 is 1.88 bits per heavy atom. The van der Waals surface area contributed by atoms with Crippen molar-refractivity contribution in [1.82, 2.24) is 20.0 Å². The van der Waals surface area contributed by atoms with Crippen LogP contribution in [0, 0.1) is 5.82 Å². The highest BCUT2D eigenvalue weighted by Gasteiger charge is 2.28. The number of halogens is 1. The highest BCUT2D eigenvalue weighted by molar-refractivity contribution is 5.83. The third kappa shape index (κ3) is 4.45. The molecule has 2 aromatic rings. The largest absolute Gasteiger partial charge is 0.338 e. The van der Waals surface area contributed by atoms with Gasteiger partial charge in [0.15, 0.2) is 0 Å². The van der Waals surface area contributed by atoms with Crippen LogP contribution in [0.4, 0.5) is 4.39 Å². The second-order valence-electron chi connectivity index (χ2n) is 7.61. The highest BCUT2D eigenvalue weighted by atomic mass is 19.1. The molecular weight excluding hydrogens is 319 g/mol. The molecular formula is C19H27FN4O. The van der Waals surface area contributed by atoms with Gasteiger partial charge in [-0.25, -0.2) is 4.39 Å². The molecule has 1 aromatic heterocycles. The summed E-state index contributed by atoms with van der Waals surface area (Å²) in [5, 5.41) is 7.30. The molecule has 0 radical (unpaired) electrons. The molecule has 2 rings (SSSR count). The maximum Gasteiger partial charge on any atom is 0.244 e. The lowest BCUT2D eigenvalue weighted by Gasteiger charge is -2.28. The van der Waals surface area contributed by atoms with Gasteiger partial charge in [-0.15, -0.1) is 0 Å². The van der Waals surface area contributed by atoms with Crippen molar-refractivity contribution >= 4 is 5.91 Å². The van der Waals surface area contributed by atoms with Crippen molar-refractivity contribution in [3.05, 3.63) is 53.1 Å². The molecule has 0 saturated carbocycles. The van der Waals surface area contributed by atoms with Crippen LogP contribution in [0.3, 0.4) is 0 Å². The predicted molar refractivity (Wildman–Crippen MR) is 96.6 cm³/mol. The number of amides is 1. The van der Waals surface area contributed by atoms with Crippen molar-refractivity contribution in [2.75, 3.05) is 21.1 Å². The SMILES string of the molecule is CN(Cc1cc(C(C)(C)C)n[nH]1)C(=O)[C@@H](c1ccccc1F)N(C)C. The van der Waals surface area contributed by atoms with Crippen LogP contribution in [-0.2, 0) is 16.8 Å². The molecule has 5 nitrogen and oxygen atoms in total. The summed E-state index contributed by atoms with van der Waals surface area (Å²) in [4.78, 5) is 16.2. The molecule has 1 N–H and O–H groups in total. The Balaban J connectivity index is 2.19. The number of benzene rings is 1. The van der Waals surface area contributed by atoms with Gasteiger partial charge in [-0.05, 0) is 26.2 Å². The fourth-order valence-electron chi connectivity index (χ4n) is 2.70. The molecule has 1 amide bonds. The molecule has 1 aromatic carbocycles. The van der Waals surface area contributed by atoms with Gasteiger partial charge in [0, 0.05) is 18.0 Å². The third-order valence-electron chi connectivity index (χ3n) is 4.13. The number of aromatic nitrogens is 2. The number of carbonyl (C=O) groups excluding carboxylic acids is 1. The first-order chi connectivity index (χ1) is 11.6. The number of hydrogen-bond donors (Lipinski definition) is 1. The fourth-order valence-corrected chi connectivity index (χ4v) is 2.70. The van der Waals surface area contributed by atoms with E-state index in [0.29, 0.717) is 12.1 Å². The van der Waals surface area contributed by atoms with Gasteiger partial charge >= 0.3 is 0 Å². The van der Waals surface area contributed by atoms with Crippen LogP contribution in [0.5, 0.6) is 0 Å². The zero-order valence-corrected chi connectivity index (χ0v) is 15.8. The van der Waals surface area contributed by atoms with E-state index in [1.54, 1.807) is 49.1 Å². The Morgan fingerprint density at radius 3 is 2.40 bits per heavy atom. The van der Waals surface area contributed by atoms with Crippen molar-refractivity contribution < 1.29 is 9.18 Å². The number of aromatic amines is 1. The van der Waals surface area contributed by atoms with Gasteiger partial charge in [0.05, 0.1) is 17.9 Å². The molecule has 0 aliphatic heterocycles. The first-order valence-electron chi connectivity index (χ1n) is 8.32. The second-order valence-corrected chi connectivity index (χ2v) is 7.61. The van der Waals surface area contributed by atoms with Crippen LogP contribution < -0.4 is 0 Å². The van der Waals surface area contributed by atoms with Gasteiger partial charge in [0.2, 0.25) is 5.91 Å². The molecule has 0 aliphatic rings. The number of carbonyl (C=O) groups is 1. The van der Waals surface area contributed by atoms with Gasteiger partial charge in [0.25, 0.3) is 0 Å². The Labute approximate surface area is 148 Å². The maximum atomic E-state index is 14.2. The van der Waals surface area contributed by atoms with E-state index in [0.717, 1.165) is 11.4 Å². The summed E-state index contributed by atoms with van der Waals surface area (Å²) >= 11 is 0. The highest BCUT2D eigenvalue weighted by Crippen LogP contribution is 2.25. The van der Waals surface area contributed by atoms with E-state index in [9.17, 15) is 9.18 Å². The van der Waals surface area contributed by atoms with E-state index >= 15 is 0 Å². The standard InChI is InChI=1S/C19H27FN4O/c1-19(2,3)16-11-13(21-22-16)12-24(6)18(25)17(23(4)5)14-9-7-8-10-15(14)20/h7-11,17H,12H2,1-6H3,(H,21,22)/t17-/m1/s1. The number of likely N-dealkylation sites (N-methyl/N-ethyl adjacent to an activating group) is 2. The summed E-state index contributed by atoms with van der Waals surface area (Å²) in [6.07, 6.45) is 0. The van der Waals surface area contributed by atoms with Crippen molar-refractivity contribution in [3.63, 3.8) is 0 Å². The van der Waals surface area contributed by atoms with E-state index in [1.807, 2.05) is 6.07 Å². The van der Waals surface area contributed by atoms with Gasteiger partial charge in [-0.2, -0.15) is 5.10 Å². The van der Waals surface area contributed by atoms with Crippen LogP contribution in [0.2, 0.25) is 0 Å². The minimum atomic E-state index is -0.670. The number of nitrogens with one attached hydrogen (secondary N) is 1. The van der Waals surface area contributed by atoms with Crippen molar-refractivity contribution in [2.24, 2.45) is 0 Å². The number of H-pyrrole nitrogens is 1. The first kappa shape index (κ1) is 19.1. The molecule has 6 heteroatoms. The van der Waals surface area contributed by atoms with Crippen LogP contribution in [0.1, 0.15) is 43.8 Å². The number of nitrogens with zero attached hydrogens (tertiary/aromatic N) is 3. The molecule has 25 heavy (non-hydrogen) atoms. The predicted octanol–water partition coefficient (Wildman–Crippen LogP) is 3.11. The molecule has 1 heterocycles. The second kappa shape index (κ2) is 7.35. The van der Waals surface area contributed by atoms with E-state index in [-0.39, 0.29) is 17.1 Å². The minimum absolute atomic E-state index is 0.0589. The summed E-state index contributed by atoms with van der Waals surface area (Å²) in [6.45, 7) is 6.65. The Hall–Kier alpha value is -2.21. The lowest BCUT2D eigenvalue weighted by molar-refractivity contribution is -0.135. The number of rotatable bonds is 5. The fraction of sp³-hybridized carbons (Fsp3) is 0.474. The van der Waals surface area contributed by atoms with E-state index in [4.69, 9.17) is 0 Å². The van der Waals surface area contributed by atoms with Crippen molar-refractivity contribution in [3.8, 4) is 0 Å². The van der Waals surface area contributed by atoms with Gasteiger partial charge in [-0.3, -0.25) is 14.8 Å². The Kier molecular flexibility index (Phi) is 5.62. The first-order valence-corrected chi connectivity index (χ1v) is 8.32. The number of hydrogen-bond acceptors (Lipinski definition) is 3. The monoisotopic (exact) mass is 346 g/mol. The lowest BCUT2D eigenvalue weighted by Crippen LogP contribution is -2.38. The average Bonchev–Trinajstić information content (AvgIpc) is 2.97. The quantitative estimate of drug-likeness (QED) is 0.905. The maximum absolute atomic E-state index is 14.2. The lowest BCUT2D eigenvalue weighted by atomic mass is 9.92. The van der Waals surface area contributed by atoms with Crippen LogP contribution in [0.15, 0.2) is 30.3 Å². The van der Waals surface area contributed by atoms with Crippen molar-refractivity contribution in [1.29, 1.82) is 0 Å². The molecule has 0 saturated heterocycles. The van der Waals surface area contributed by atoms with Gasteiger partial charge in [0.1, 0.15) is 11.9 Å². The van der Waals surface area contributed by atoms with Gasteiger partial charge < -0.3 is 4.90 Å². The summed E-state index contributed by atoms with van der Waals surface area (Å²) in [7, 11) is 5.27. The van der Waals surface area contributed by atoms with Crippen molar-refractivity contribution in [2.45, 2.75) is 38.8 Å². The third-order valence-corrected chi connectivity index (χ3v) is 4.13. The van der Waals surface area contributed by atoms with Gasteiger partial charge in [-0.1, -0.05) is 39.0 Å². The molecule has 0 unspecified atom stereocenters. The Bertz CT molecular complexity index is 733. The van der Waals surface area contributed by atoms with E-state index in [2.05, 4.69) is 31.0 Å². The minimum Gasteiger partial charge on any atom is -0.338 e. The van der Waals surface area contributed by atoms with Crippen LogP contribution >= 0.6 is 0 Å². The molecule has 0 bridgehead atoms. The summed E-state index contributed by atoms with van der Waals surface area (Å²) in [5.41, 5.74) is 2.12. The molecule has 1 atom stereocenters. The van der Waals surface area contributed by atoms with E-state index in [1.165, 1.54) is 6.07 Å². The van der Waals surface area contributed by atoms with E-state index < -0.39 is 6.04 Å². The molecule has 136 valence electrons. The van der Waals surface area contributed by atoms with Crippen LogP contribution in [0.25, 0.3) is 0 Å². The summed E-state index contributed by atoms with van der Waals surface area (Å²) in [6, 6.07) is 7.70.